The Morgan fingerprint density at radius 1 is 1.33 bits per heavy atom. The van der Waals surface area contributed by atoms with Crippen LogP contribution in [0.25, 0.3) is 0 Å². The Bertz CT molecular complexity index is 660. The van der Waals surface area contributed by atoms with Crippen molar-refractivity contribution < 1.29 is 4.74 Å². The van der Waals surface area contributed by atoms with E-state index in [1.807, 2.05) is 18.2 Å². The van der Waals surface area contributed by atoms with Crippen LogP contribution >= 0.6 is 15.9 Å². The monoisotopic (exact) mass is 347 g/mol. The van der Waals surface area contributed by atoms with E-state index in [9.17, 15) is 0 Å². The third-order valence-electron chi connectivity index (χ3n) is 3.69. The lowest BCUT2D eigenvalue weighted by Crippen LogP contribution is -2.22. The van der Waals surface area contributed by atoms with Crippen LogP contribution in [-0.4, -0.2) is 16.6 Å². The number of para-hydroxylation sites is 1. The number of anilines is 1. The van der Waals surface area contributed by atoms with E-state index in [2.05, 4.69) is 33.9 Å². The van der Waals surface area contributed by atoms with Gasteiger partial charge in [0.05, 0.1) is 22.7 Å². The number of hydrogen-bond acceptors (Lipinski definition) is 4. The molecular weight excluding hydrogens is 330 g/mol. The first-order valence-electron chi connectivity index (χ1n) is 7.21. The Hall–Kier alpha value is -1.62. The van der Waals surface area contributed by atoms with Crippen LogP contribution in [0.2, 0.25) is 0 Å². The summed E-state index contributed by atoms with van der Waals surface area (Å²) in [4.78, 5) is 9.15. The second kappa shape index (κ2) is 6.02. The van der Waals surface area contributed by atoms with Crippen LogP contribution in [-0.2, 0) is 12.8 Å². The molecule has 2 heterocycles. The molecule has 1 aromatic heterocycles. The van der Waals surface area contributed by atoms with Crippen molar-refractivity contribution in [1.82, 2.24) is 9.97 Å². The minimum absolute atomic E-state index is 0.158. The summed E-state index contributed by atoms with van der Waals surface area (Å²) in [6.45, 7) is 2.73. The molecule has 0 amide bonds. The number of nitrogens with zero attached hydrogens (tertiary/aromatic N) is 2. The van der Waals surface area contributed by atoms with Crippen LogP contribution in [0.3, 0.4) is 0 Å². The first-order valence-corrected chi connectivity index (χ1v) is 8.00. The molecule has 2 aromatic rings. The van der Waals surface area contributed by atoms with E-state index in [0.29, 0.717) is 12.4 Å². The van der Waals surface area contributed by atoms with Crippen LogP contribution in [0.5, 0.6) is 5.75 Å². The summed E-state index contributed by atoms with van der Waals surface area (Å²) in [6, 6.07) is 8.12. The maximum atomic E-state index is 6.01. The van der Waals surface area contributed by atoms with Gasteiger partial charge in [0.1, 0.15) is 17.4 Å². The number of hydrogen-bond donors (Lipinski definition) is 1. The molecule has 0 saturated heterocycles. The van der Waals surface area contributed by atoms with Gasteiger partial charge in [-0.2, -0.15) is 0 Å². The smallest absolute Gasteiger partial charge is 0.141 e. The van der Waals surface area contributed by atoms with Gasteiger partial charge in [-0.25, -0.2) is 9.97 Å². The van der Waals surface area contributed by atoms with E-state index in [1.54, 1.807) is 0 Å². The van der Waals surface area contributed by atoms with Crippen molar-refractivity contribution in [3.63, 3.8) is 0 Å². The Balaban J connectivity index is 1.91. The molecule has 1 aliphatic heterocycles. The summed E-state index contributed by atoms with van der Waals surface area (Å²) in [7, 11) is 0. The topological polar surface area (TPSA) is 61.0 Å². The van der Waals surface area contributed by atoms with E-state index in [0.717, 1.165) is 41.0 Å². The Labute approximate surface area is 132 Å². The average Bonchev–Trinajstić information content (AvgIpc) is 2.51. The molecule has 4 nitrogen and oxygen atoms in total. The molecule has 0 spiro atoms. The van der Waals surface area contributed by atoms with Gasteiger partial charge in [-0.1, -0.05) is 31.5 Å². The molecule has 21 heavy (non-hydrogen) atoms. The summed E-state index contributed by atoms with van der Waals surface area (Å²) < 4.78 is 6.65. The molecule has 3 rings (SSSR count). The van der Waals surface area contributed by atoms with Crippen molar-refractivity contribution >= 4 is 21.7 Å². The molecule has 1 unspecified atom stereocenters. The molecule has 0 bridgehead atoms. The van der Waals surface area contributed by atoms with Crippen molar-refractivity contribution in [2.24, 2.45) is 0 Å². The molecule has 1 aromatic carbocycles. The van der Waals surface area contributed by atoms with Gasteiger partial charge in [0.2, 0.25) is 0 Å². The third-order valence-corrected chi connectivity index (χ3v) is 4.56. The van der Waals surface area contributed by atoms with E-state index >= 15 is 0 Å². The van der Waals surface area contributed by atoms with Gasteiger partial charge in [-0.05, 0) is 40.4 Å². The fourth-order valence-electron chi connectivity index (χ4n) is 2.61. The highest BCUT2D eigenvalue weighted by Crippen LogP contribution is 2.32. The van der Waals surface area contributed by atoms with Crippen molar-refractivity contribution in [1.29, 1.82) is 0 Å². The van der Waals surface area contributed by atoms with Gasteiger partial charge < -0.3 is 10.5 Å². The SMILES string of the molecule is CCCc1nc(C2COc3ccccc3C2)nc(N)c1Br. The van der Waals surface area contributed by atoms with Gasteiger partial charge in [0.25, 0.3) is 0 Å². The number of aryl methyl sites for hydroxylation is 1. The fraction of sp³-hybridized carbons (Fsp3) is 0.375. The van der Waals surface area contributed by atoms with Gasteiger partial charge in [0.15, 0.2) is 0 Å². The van der Waals surface area contributed by atoms with Crippen molar-refractivity contribution in [2.45, 2.75) is 32.1 Å². The summed E-state index contributed by atoms with van der Waals surface area (Å²) >= 11 is 3.48. The number of aromatic nitrogens is 2. The maximum Gasteiger partial charge on any atom is 0.141 e. The largest absolute Gasteiger partial charge is 0.493 e. The lowest BCUT2D eigenvalue weighted by molar-refractivity contribution is 0.257. The average molecular weight is 348 g/mol. The minimum Gasteiger partial charge on any atom is -0.493 e. The molecule has 0 fully saturated rings. The van der Waals surface area contributed by atoms with Crippen LogP contribution < -0.4 is 10.5 Å². The predicted octanol–water partition coefficient (Wildman–Crippen LogP) is 3.49. The second-order valence-corrected chi connectivity index (χ2v) is 6.09. The summed E-state index contributed by atoms with van der Waals surface area (Å²) in [5, 5.41) is 0. The second-order valence-electron chi connectivity index (χ2n) is 5.30. The van der Waals surface area contributed by atoms with Gasteiger partial charge in [-0.3, -0.25) is 0 Å². The van der Waals surface area contributed by atoms with E-state index in [1.165, 1.54) is 5.56 Å². The molecule has 5 heteroatoms. The summed E-state index contributed by atoms with van der Waals surface area (Å²) in [5.41, 5.74) is 8.20. The zero-order valence-corrected chi connectivity index (χ0v) is 13.6. The van der Waals surface area contributed by atoms with E-state index in [4.69, 9.17) is 15.5 Å². The molecule has 2 N–H and O–H groups in total. The number of benzene rings is 1. The van der Waals surface area contributed by atoms with Crippen LogP contribution in [0.4, 0.5) is 5.82 Å². The Morgan fingerprint density at radius 2 is 2.14 bits per heavy atom. The number of rotatable bonds is 3. The Kier molecular flexibility index (Phi) is 4.10. The highest BCUT2D eigenvalue weighted by atomic mass is 79.9. The van der Waals surface area contributed by atoms with E-state index < -0.39 is 0 Å². The number of halogens is 1. The van der Waals surface area contributed by atoms with Crippen molar-refractivity contribution in [3.8, 4) is 5.75 Å². The van der Waals surface area contributed by atoms with Crippen LogP contribution in [0.15, 0.2) is 28.7 Å². The normalized spacial score (nSPS) is 17.1. The molecule has 0 aliphatic carbocycles. The first-order chi connectivity index (χ1) is 10.2. The van der Waals surface area contributed by atoms with Gasteiger partial charge in [0, 0.05) is 0 Å². The first kappa shape index (κ1) is 14.3. The number of ether oxygens (including phenoxy) is 1. The molecule has 1 atom stereocenters. The maximum absolute atomic E-state index is 6.01. The number of nitrogens with two attached hydrogens (primary N) is 1. The molecule has 110 valence electrons. The standard InChI is InChI=1S/C16H18BrN3O/c1-2-5-12-14(17)15(18)20-16(19-12)11-8-10-6-3-4-7-13(10)21-9-11/h3-4,6-7,11H,2,5,8-9H2,1H3,(H2,18,19,20). The van der Waals surface area contributed by atoms with Crippen LogP contribution in [0.1, 0.15) is 36.3 Å². The molecule has 0 radical (unpaired) electrons. The van der Waals surface area contributed by atoms with Gasteiger partial charge in [-0.15, -0.1) is 0 Å². The molecule has 1 aliphatic rings. The minimum atomic E-state index is 0.158. The third kappa shape index (κ3) is 2.88. The fourth-order valence-corrected chi connectivity index (χ4v) is 2.99. The van der Waals surface area contributed by atoms with E-state index in [-0.39, 0.29) is 5.92 Å². The van der Waals surface area contributed by atoms with Crippen molar-refractivity contribution in [3.05, 3.63) is 45.8 Å². The molecule has 0 saturated carbocycles. The highest BCUT2D eigenvalue weighted by Gasteiger charge is 2.24. The molecular formula is C16H18BrN3O. The summed E-state index contributed by atoms with van der Waals surface area (Å²) in [5.74, 6) is 2.43. The highest BCUT2D eigenvalue weighted by molar-refractivity contribution is 9.10. The Morgan fingerprint density at radius 3 is 2.95 bits per heavy atom. The zero-order valence-electron chi connectivity index (χ0n) is 12.0. The lowest BCUT2D eigenvalue weighted by atomic mass is 9.96. The lowest BCUT2D eigenvalue weighted by Gasteiger charge is -2.24. The number of nitrogen functional groups attached to an aromatic ring is 1. The zero-order chi connectivity index (χ0) is 14.8. The van der Waals surface area contributed by atoms with Crippen LogP contribution in [0, 0.1) is 0 Å². The van der Waals surface area contributed by atoms with Gasteiger partial charge >= 0.3 is 0 Å². The number of fused-ring (bicyclic) bond motifs is 1. The quantitative estimate of drug-likeness (QED) is 0.922. The summed E-state index contributed by atoms with van der Waals surface area (Å²) in [6.07, 6.45) is 2.81. The predicted molar refractivity (Wildman–Crippen MR) is 86.5 cm³/mol. The van der Waals surface area contributed by atoms with Crippen molar-refractivity contribution in [2.75, 3.05) is 12.3 Å².